The van der Waals surface area contributed by atoms with Gasteiger partial charge in [0.15, 0.2) is 0 Å². The van der Waals surface area contributed by atoms with Crippen LogP contribution in [-0.2, 0) is 0 Å². The van der Waals surface area contributed by atoms with Crippen LogP contribution in [0.25, 0.3) is 0 Å². The topological polar surface area (TPSA) is 47.0 Å². The van der Waals surface area contributed by atoms with Gasteiger partial charge in [-0.3, -0.25) is 0 Å². The highest BCUT2D eigenvalue weighted by atomic mass is 16.5. The van der Waals surface area contributed by atoms with Gasteiger partial charge < -0.3 is 10.1 Å². The summed E-state index contributed by atoms with van der Waals surface area (Å²) in [6, 6.07) is 10.1. The Morgan fingerprint density at radius 3 is 2.42 bits per heavy atom. The normalized spacial score (nSPS) is 12.0. The van der Waals surface area contributed by atoms with E-state index >= 15 is 0 Å². The lowest BCUT2D eigenvalue weighted by atomic mass is 10.1. The number of anilines is 1. The van der Waals surface area contributed by atoms with E-state index in [0.29, 0.717) is 11.7 Å². The van der Waals surface area contributed by atoms with Crippen molar-refractivity contribution in [2.24, 2.45) is 0 Å². The lowest BCUT2D eigenvalue weighted by Gasteiger charge is -2.17. The van der Waals surface area contributed by atoms with Crippen molar-refractivity contribution in [3.05, 3.63) is 47.3 Å². The molecule has 2 aromatic rings. The van der Waals surface area contributed by atoms with Crippen molar-refractivity contribution in [2.45, 2.75) is 26.9 Å². The van der Waals surface area contributed by atoms with E-state index in [4.69, 9.17) is 4.74 Å². The minimum atomic E-state index is -0.0427. The summed E-state index contributed by atoms with van der Waals surface area (Å²) < 4.78 is 5.96. The zero-order valence-electron chi connectivity index (χ0n) is 11.8. The highest BCUT2D eigenvalue weighted by molar-refractivity contribution is 5.48. The molecule has 0 spiro atoms. The molecule has 0 amide bonds. The molecule has 0 aliphatic carbocycles. The van der Waals surface area contributed by atoms with Crippen LogP contribution in [0.3, 0.4) is 0 Å². The van der Waals surface area contributed by atoms with Crippen molar-refractivity contribution in [3.8, 4) is 5.88 Å². The van der Waals surface area contributed by atoms with Gasteiger partial charge in [0.1, 0.15) is 17.7 Å². The van der Waals surface area contributed by atoms with Crippen LogP contribution in [0.2, 0.25) is 0 Å². The first-order valence-corrected chi connectivity index (χ1v) is 6.36. The predicted molar refractivity (Wildman–Crippen MR) is 76.5 cm³/mol. The van der Waals surface area contributed by atoms with Gasteiger partial charge in [0, 0.05) is 7.05 Å². The fourth-order valence-electron chi connectivity index (χ4n) is 1.92. The largest absolute Gasteiger partial charge is 0.469 e. The van der Waals surface area contributed by atoms with Crippen LogP contribution in [0.5, 0.6) is 5.88 Å². The Balaban J connectivity index is 2.26. The second-order valence-corrected chi connectivity index (χ2v) is 4.47. The van der Waals surface area contributed by atoms with Crippen molar-refractivity contribution in [2.75, 3.05) is 12.4 Å². The van der Waals surface area contributed by atoms with E-state index in [1.165, 1.54) is 0 Å². The maximum absolute atomic E-state index is 5.96. The van der Waals surface area contributed by atoms with Crippen LogP contribution < -0.4 is 10.1 Å². The zero-order valence-corrected chi connectivity index (χ0v) is 11.8. The summed E-state index contributed by atoms with van der Waals surface area (Å²) in [4.78, 5) is 8.70. The number of benzene rings is 1. The van der Waals surface area contributed by atoms with Gasteiger partial charge >= 0.3 is 0 Å². The van der Waals surface area contributed by atoms with Crippen molar-refractivity contribution < 1.29 is 4.74 Å². The van der Waals surface area contributed by atoms with E-state index in [9.17, 15) is 0 Å². The predicted octanol–water partition coefficient (Wildman–Crippen LogP) is 3.28. The maximum Gasteiger partial charge on any atom is 0.222 e. The molecule has 4 nitrogen and oxygen atoms in total. The third kappa shape index (κ3) is 3.02. The summed E-state index contributed by atoms with van der Waals surface area (Å²) in [7, 11) is 1.85. The molecule has 1 heterocycles. The van der Waals surface area contributed by atoms with Crippen LogP contribution in [0.15, 0.2) is 30.3 Å². The Bertz CT molecular complexity index is 555. The monoisotopic (exact) mass is 257 g/mol. The van der Waals surface area contributed by atoms with E-state index < -0.39 is 0 Å². The molecule has 0 saturated carbocycles. The van der Waals surface area contributed by atoms with Crippen LogP contribution >= 0.6 is 0 Å². The molecular formula is C15H19N3O. The molecule has 0 saturated heterocycles. The second kappa shape index (κ2) is 5.69. The van der Waals surface area contributed by atoms with Crippen molar-refractivity contribution >= 4 is 5.82 Å². The molecule has 0 fully saturated rings. The number of hydrogen-bond acceptors (Lipinski definition) is 4. The van der Waals surface area contributed by atoms with E-state index in [1.807, 2.05) is 58.2 Å². The van der Waals surface area contributed by atoms with E-state index in [-0.39, 0.29) is 6.10 Å². The quantitative estimate of drug-likeness (QED) is 0.913. The molecule has 0 bridgehead atoms. The Morgan fingerprint density at radius 1 is 1.11 bits per heavy atom. The summed E-state index contributed by atoms with van der Waals surface area (Å²) in [6.45, 7) is 5.84. The van der Waals surface area contributed by atoms with Crippen LogP contribution in [0.1, 0.15) is 30.0 Å². The first-order chi connectivity index (χ1) is 9.11. The second-order valence-electron chi connectivity index (χ2n) is 4.47. The molecule has 1 N–H and O–H groups in total. The Hall–Kier alpha value is -2.10. The molecule has 4 heteroatoms. The zero-order chi connectivity index (χ0) is 13.8. The molecule has 0 radical (unpaired) electrons. The van der Waals surface area contributed by atoms with Crippen LogP contribution in [-0.4, -0.2) is 17.0 Å². The number of aryl methyl sites for hydroxylation is 1. The number of hydrogen-bond donors (Lipinski definition) is 1. The first kappa shape index (κ1) is 13.3. The number of rotatable bonds is 4. The van der Waals surface area contributed by atoms with Crippen molar-refractivity contribution in [3.63, 3.8) is 0 Å². The molecule has 1 aromatic heterocycles. The lowest BCUT2D eigenvalue weighted by molar-refractivity contribution is 0.215. The average Bonchev–Trinajstić information content (AvgIpc) is 2.43. The summed E-state index contributed by atoms with van der Waals surface area (Å²) >= 11 is 0. The third-order valence-corrected chi connectivity index (χ3v) is 3.01. The Kier molecular flexibility index (Phi) is 4.00. The fraction of sp³-hybridized carbons (Fsp3) is 0.333. The molecular weight excluding hydrogens is 238 g/mol. The fourth-order valence-corrected chi connectivity index (χ4v) is 1.92. The standard InChI is InChI=1S/C15H19N3O/c1-10-14(16-4)17-12(3)18-15(10)19-11(2)13-8-6-5-7-9-13/h5-9,11H,1-4H3,(H,16,17,18). The summed E-state index contributed by atoms with van der Waals surface area (Å²) in [5, 5.41) is 3.06. The van der Waals surface area contributed by atoms with Gasteiger partial charge in [-0.25, -0.2) is 4.98 Å². The number of ether oxygens (including phenoxy) is 1. The van der Waals surface area contributed by atoms with Crippen molar-refractivity contribution in [1.29, 1.82) is 0 Å². The molecule has 0 aliphatic rings. The first-order valence-electron chi connectivity index (χ1n) is 6.36. The van der Waals surface area contributed by atoms with Gasteiger partial charge in [-0.1, -0.05) is 30.3 Å². The molecule has 1 unspecified atom stereocenters. The third-order valence-electron chi connectivity index (χ3n) is 3.01. The molecule has 19 heavy (non-hydrogen) atoms. The number of nitrogens with zero attached hydrogens (tertiary/aromatic N) is 2. The number of aromatic nitrogens is 2. The van der Waals surface area contributed by atoms with Gasteiger partial charge in [0.25, 0.3) is 0 Å². The minimum Gasteiger partial charge on any atom is -0.469 e. The Labute approximate surface area is 113 Å². The maximum atomic E-state index is 5.96. The number of nitrogens with one attached hydrogen (secondary N) is 1. The summed E-state index contributed by atoms with van der Waals surface area (Å²) in [5.41, 5.74) is 2.06. The van der Waals surface area contributed by atoms with Crippen molar-refractivity contribution in [1.82, 2.24) is 9.97 Å². The van der Waals surface area contributed by atoms with Gasteiger partial charge in [-0.15, -0.1) is 0 Å². The lowest BCUT2D eigenvalue weighted by Crippen LogP contribution is -2.08. The van der Waals surface area contributed by atoms with Gasteiger partial charge in [0.05, 0.1) is 5.56 Å². The summed E-state index contributed by atoms with van der Waals surface area (Å²) in [6.07, 6.45) is -0.0427. The highest BCUT2D eigenvalue weighted by Crippen LogP contribution is 2.26. The van der Waals surface area contributed by atoms with Crippen LogP contribution in [0.4, 0.5) is 5.82 Å². The minimum absolute atomic E-state index is 0.0427. The Morgan fingerprint density at radius 2 is 1.79 bits per heavy atom. The molecule has 1 atom stereocenters. The van der Waals surface area contributed by atoms with Gasteiger partial charge in [-0.05, 0) is 26.3 Å². The van der Waals surface area contributed by atoms with Crippen LogP contribution in [0, 0.1) is 13.8 Å². The molecule has 2 rings (SSSR count). The highest BCUT2D eigenvalue weighted by Gasteiger charge is 2.13. The van der Waals surface area contributed by atoms with Gasteiger partial charge in [-0.2, -0.15) is 4.98 Å². The molecule has 100 valence electrons. The molecule has 0 aliphatic heterocycles. The van der Waals surface area contributed by atoms with E-state index in [2.05, 4.69) is 15.3 Å². The summed E-state index contributed by atoms with van der Waals surface area (Å²) in [5.74, 6) is 2.14. The SMILES string of the molecule is CNc1nc(C)nc(OC(C)c2ccccc2)c1C. The van der Waals surface area contributed by atoms with E-state index in [1.54, 1.807) is 0 Å². The smallest absolute Gasteiger partial charge is 0.222 e. The van der Waals surface area contributed by atoms with Gasteiger partial charge in [0.2, 0.25) is 5.88 Å². The van der Waals surface area contributed by atoms with E-state index in [0.717, 1.165) is 16.9 Å². The average molecular weight is 257 g/mol. The molecule has 1 aromatic carbocycles.